The standard InChI is InChI=1S/C15H16N2O3S/c18-14(16-9-13-7-4-8-21-13)10-17-15(19)11-20-12-5-2-1-3-6-12/h1-8H,9-11H2,(H,16,18)(H,17,19). The third-order valence-electron chi connectivity index (χ3n) is 2.60. The largest absolute Gasteiger partial charge is 0.484 e. The molecule has 21 heavy (non-hydrogen) atoms. The SMILES string of the molecule is O=C(CNC(=O)COc1ccccc1)NCc1cccs1. The van der Waals surface area contributed by atoms with Gasteiger partial charge in [-0.05, 0) is 23.6 Å². The van der Waals surface area contributed by atoms with Crippen LogP contribution in [0.3, 0.4) is 0 Å². The number of hydrogen-bond donors (Lipinski definition) is 2. The maximum atomic E-state index is 11.6. The van der Waals surface area contributed by atoms with Gasteiger partial charge in [0, 0.05) is 4.88 Å². The van der Waals surface area contributed by atoms with E-state index in [1.54, 1.807) is 23.5 Å². The fourth-order valence-corrected chi connectivity index (χ4v) is 2.20. The number of ether oxygens (including phenoxy) is 1. The van der Waals surface area contributed by atoms with Gasteiger partial charge in [0.2, 0.25) is 5.91 Å². The van der Waals surface area contributed by atoms with Crippen molar-refractivity contribution in [3.63, 3.8) is 0 Å². The maximum absolute atomic E-state index is 11.6. The number of hydrogen-bond acceptors (Lipinski definition) is 4. The summed E-state index contributed by atoms with van der Waals surface area (Å²) >= 11 is 1.57. The van der Waals surface area contributed by atoms with E-state index in [2.05, 4.69) is 10.6 Å². The zero-order valence-corrected chi connectivity index (χ0v) is 12.2. The molecule has 6 heteroatoms. The van der Waals surface area contributed by atoms with E-state index >= 15 is 0 Å². The molecule has 0 aliphatic heterocycles. The predicted octanol–water partition coefficient (Wildman–Crippen LogP) is 1.56. The summed E-state index contributed by atoms with van der Waals surface area (Å²) in [5.74, 6) is 0.0661. The number of thiophene rings is 1. The Kier molecular flexibility index (Phi) is 5.78. The zero-order valence-electron chi connectivity index (χ0n) is 11.4. The van der Waals surface area contributed by atoms with E-state index in [9.17, 15) is 9.59 Å². The molecule has 1 aromatic heterocycles. The highest BCUT2D eigenvalue weighted by Gasteiger charge is 2.06. The Morgan fingerprint density at radius 3 is 2.52 bits per heavy atom. The Morgan fingerprint density at radius 2 is 1.81 bits per heavy atom. The summed E-state index contributed by atoms with van der Waals surface area (Å²) < 4.78 is 5.28. The van der Waals surface area contributed by atoms with Gasteiger partial charge in [-0.15, -0.1) is 11.3 Å². The minimum absolute atomic E-state index is 0.0532. The van der Waals surface area contributed by atoms with Crippen molar-refractivity contribution in [1.29, 1.82) is 0 Å². The minimum Gasteiger partial charge on any atom is -0.484 e. The number of carbonyl (C=O) groups excluding carboxylic acids is 2. The number of rotatable bonds is 7. The molecule has 2 amide bonds. The summed E-state index contributed by atoms with van der Waals surface area (Å²) in [5, 5.41) is 7.19. The van der Waals surface area contributed by atoms with Gasteiger partial charge in [-0.3, -0.25) is 9.59 Å². The highest BCUT2D eigenvalue weighted by Crippen LogP contribution is 2.08. The van der Waals surface area contributed by atoms with Crippen molar-refractivity contribution in [1.82, 2.24) is 10.6 Å². The molecule has 2 aromatic rings. The summed E-state index contributed by atoms with van der Waals surface area (Å²) in [7, 11) is 0. The monoisotopic (exact) mass is 304 g/mol. The van der Waals surface area contributed by atoms with E-state index in [4.69, 9.17) is 4.74 Å². The lowest BCUT2D eigenvalue weighted by Crippen LogP contribution is -2.38. The van der Waals surface area contributed by atoms with Crippen LogP contribution in [0.25, 0.3) is 0 Å². The molecule has 0 radical (unpaired) electrons. The number of carbonyl (C=O) groups is 2. The summed E-state index contributed by atoms with van der Waals surface area (Å²) in [5.41, 5.74) is 0. The Bertz CT molecular complexity index is 570. The van der Waals surface area contributed by atoms with Crippen LogP contribution in [-0.4, -0.2) is 25.0 Å². The molecular weight excluding hydrogens is 288 g/mol. The van der Waals surface area contributed by atoms with Crippen molar-refractivity contribution in [2.75, 3.05) is 13.2 Å². The van der Waals surface area contributed by atoms with E-state index in [0.717, 1.165) is 4.88 Å². The number of benzene rings is 1. The van der Waals surface area contributed by atoms with E-state index < -0.39 is 0 Å². The molecule has 0 bridgehead atoms. The Balaban J connectivity index is 1.61. The molecule has 0 fully saturated rings. The van der Waals surface area contributed by atoms with Gasteiger partial charge in [-0.2, -0.15) is 0 Å². The third kappa shape index (κ3) is 5.66. The van der Waals surface area contributed by atoms with E-state index in [1.807, 2.05) is 35.7 Å². The van der Waals surface area contributed by atoms with Crippen LogP contribution in [0.15, 0.2) is 47.8 Å². The van der Waals surface area contributed by atoms with Crippen LogP contribution in [0, 0.1) is 0 Å². The molecule has 1 aromatic carbocycles. The molecule has 0 spiro atoms. The van der Waals surface area contributed by atoms with Crippen molar-refractivity contribution in [3.05, 3.63) is 52.7 Å². The first-order valence-electron chi connectivity index (χ1n) is 6.47. The van der Waals surface area contributed by atoms with Gasteiger partial charge < -0.3 is 15.4 Å². The van der Waals surface area contributed by atoms with E-state index in [1.165, 1.54) is 0 Å². The quantitative estimate of drug-likeness (QED) is 0.816. The van der Waals surface area contributed by atoms with Crippen molar-refractivity contribution in [3.8, 4) is 5.75 Å². The topological polar surface area (TPSA) is 67.4 Å². The van der Waals surface area contributed by atoms with Crippen LogP contribution in [0.1, 0.15) is 4.88 Å². The fourth-order valence-electron chi connectivity index (χ4n) is 1.56. The van der Waals surface area contributed by atoms with Crippen LogP contribution in [0.2, 0.25) is 0 Å². The van der Waals surface area contributed by atoms with Crippen molar-refractivity contribution in [2.45, 2.75) is 6.54 Å². The van der Waals surface area contributed by atoms with Gasteiger partial charge in [0.15, 0.2) is 6.61 Å². The van der Waals surface area contributed by atoms with Crippen LogP contribution in [-0.2, 0) is 16.1 Å². The Morgan fingerprint density at radius 1 is 1.00 bits per heavy atom. The molecule has 0 aliphatic rings. The van der Waals surface area contributed by atoms with Crippen molar-refractivity contribution >= 4 is 23.2 Å². The van der Waals surface area contributed by atoms with Gasteiger partial charge in [0.25, 0.3) is 5.91 Å². The Labute approximate surface area is 126 Å². The lowest BCUT2D eigenvalue weighted by Gasteiger charge is -2.07. The molecule has 2 N–H and O–H groups in total. The number of nitrogens with one attached hydrogen (secondary N) is 2. The molecule has 0 unspecified atom stereocenters. The highest BCUT2D eigenvalue weighted by molar-refractivity contribution is 7.09. The summed E-state index contributed by atoms with van der Waals surface area (Å²) in [6.07, 6.45) is 0. The number of para-hydroxylation sites is 1. The molecule has 0 saturated heterocycles. The zero-order chi connectivity index (χ0) is 14.9. The van der Waals surface area contributed by atoms with Crippen molar-refractivity contribution in [2.24, 2.45) is 0 Å². The predicted molar refractivity (Wildman–Crippen MR) is 81.1 cm³/mol. The maximum Gasteiger partial charge on any atom is 0.258 e. The Hall–Kier alpha value is -2.34. The molecule has 0 atom stereocenters. The van der Waals surface area contributed by atoms with Crippen LogP contribution < -0.4 is 15.4 Å². The molecule has 110 valence electrons. The fraction of sp³-hybridized carbons (Fsp3) is 0.200. The summed E-state index contributed by atoms with van der Waals surface area (Å²) in [6.45, 7) is 0.317. The average molecular weight is 304 g/mol. The second kappa shape index (κ2) is 8.06. The smallest absolute Gasteiger partial charge is 0.258 e. The van der Waals surface area contributed by atoms with Crippen LogP contribution in [0.5, 0.6) is 5.75 Å². The number of amides is 2. The second-order valence-corrected chi connectivity index (χ2v) is 5.27. The highest BCUT2D eigenvalue weighted by atomic mass is 32.1. The summed E-state index contributed by atoms with van der Waals surface area (Å²) in [6, 6.07) is 12.9. The normalized spacial score (nSPS) is 9.90. The molecule has 1 heterocycles. The second-order valence-electron chi connectivity index (χ2n) is 4.23. The lowest BCUT2D eigenvalue weighted by atomic mass is 10.3. The first kappa shape index (κ1) is 15.1. The summed E-state index contributed by atoms with van der Waals surface area (Å²) in [4.78, 5) is 24.2. The third-order valence-corrected chi connectivity index (χ3v) is 3.48. The van der Waals surface area contributed by atoms with Crippen molar-refractivity contribution < 1.29 is 14.3 Å². The van der Waals surface area contributed by atoms with Crippen LogP contribution >= 0.6 is 11.3 Å². The van der Waals surface area contributed by atoms with Gasteiger partial charge in [-0.25, -0.2) is 0 Å². The van der Waals surface area contributed by atoms with E-state index in [-0.39, 0.29) is 25.0 Å². The van der Waals surface area contributed by atoms with Gasteiger partial charge in [0.1, 0.15) is 5.75 Å². The van der Waals surface area contributed by atoms with Gasteiger partial charge in [-0.1, -0.05) is 24.3 Å². The van der Waals surface area contributed by atoms with E-state index in [0.29, 0.717) is 12.3 Å². The van der Waals surface area contributed by atoms with Gasteiger partial charge in [0.05, 0.1) is 13.1 Å². The lowest BCUT2D eigenvalue weighted by molar-refractivity contribution is -0.127. The molecule has 0 aliphatic carbocycles. The molecular formula is C15H16N2O3S. The molecule has 0 saturated carbocycles. The molecule has 5 nitrogen and oxygen atoms in total. The minimum atomic E-state index is -0.329. The van der Waals surface area contributed by atoms with Crippen LogP contribution in [0.4, 0.5) is 0 Å². The molecule has 2 rings (SSSR count). The first-order valence-corrected chi connectivity index (χ1v) is 7.35. The van der Waals surface area contributed by atoms with Gasteiger partial charge >= 0.3 is 0 Å². The first-order chi connectivity index (χ1) is 10.2. The average Bonchev–Trinajstić information content (AvgIpc) is 3.03.